The average Bonchev–Trinajstić information content (AvgIpc) is 3.29. The first kappa shape index (κ1) is 17.4. The zero-order chi connectivity index (χ0) is 19.1. The highest BCUT2D eigenvalue weighted by molar-refractivity contribution is 7.22. The fraction of sp³-hybridized carbons (Fsp3) is 0.350. The second kappa shape index (κ2) is 7.03. The normalized spacial score (nSPS) is 17.1. The predicted octanol–water partition coefficient (Wildman–Crippen LogP) is 3.62. The van der Waals surface area contributed by atoms with Crippen molar-refractivity contribution in [1.29, 1.82) is 0 Å². The van der Waals surface area contributed by atoms with E-state index in [0.717, 1.165) is 52.0 Å². The second-order valence-corrected chi connectivity index (χ2v) is 8.08. The molecular formula is C20H20N4O3S. The number of rotatable bonds is 2. The van der Waals surface area contributed by atoms with Gasteiger partial charge in [-0.1, -0.05) is 17.4 Å². The molecule has 1 fully saturated rings. The van der Waals surface area contributed by atoms with Crippen molar-refractivity contribution in [2.75, 3.05) is 30.4 Å². The number of hydrogen-bond donors (Lipinski definition) is 1. The monoisotopic (exact) mass is 396 g/mol. The Labute approximate surface area is 166 Å². The molecule has 0 bridgehead atoms. The number of amides is 1. The molecule has 8 heteroatoms. The smallest absolute Gasteiger partial charge is 0.414 e. The molecule has 4 heterocycles. The number of thiazole rings is 1. The van der Waals surface area contributed by atoms with Crippen LogP contribution in [0.15, 0.2) is 30.5 Å². The molecule has 144 valence electrons. The molecule has 7 nitrogen and oxygen atoms in total. The van der Waals surface area contributed by atoms with Gasteiger partial charge in [0.2, 0.25) is 0 Å². The molecule has 2 aromatic heterocycles. The number of aromatic nitrogens is 2. The molecule has 28 heavy (non-hydrogen) atoms. The molecule has 5 rings (SSSR count). The van der Waals surface area contributed by atoms with Crippen LogP contribution in [0.3, 0.4) is 0 Å². The Morgan fingerprint density at radius 1 is 1.25 bits per heavy atom. The summed E-state index contributed by atoms with van der Waals surface area (Å²) in [4.78, 5) is 23.3. The minimum atomic E-state index is -0.296. The van der Waals surface area contributed by atoms with E-state index in [1.807, 2.05) is 24.4 Å². The van der Waals surface area contributed by atoms with E-state index >= 15 is 0 Å². The maximum atomic E-state index is 12.7. The van der Waals surface area contributed by atoms with E-state index in [-0.39, 0.29) is 12.2 Å². The summed E-state index contributed by atoms with van der Waals surface area (Å²) in [7, 11) is 0. The summed E-state index contributed by atoms with van der Waals surface area (Å²) < 4.78 is 12.1. The van der Waals surface area contributed by atoms with Crippen molar-refractivity contribution < 1.29 is 14.3 Å². The maximum absolute atomic E-state index is 12.7. The van der Waals surface area contributed by atoms with Gasteiger partial charge in [0.25, 0.3) is 0 Å². The number of carbonyl (C=O) groups is 1. The molecule has 2 N–H and O–H groups in total. The van der Waals surface area contributed by atoms with Crippen LogP contribution in [0.1, 0.15) is 18.5 Å². The number of ether oxygens (including phenoxy) is 2. The fourth-order valence-corrected chi connectivity index (χ4v) is 4.49. The number of carbonyl (C=O) groups excluding carboxylic acids is 1. The van der Waals surface area contributed by atoms with Crippen molar-refractivity contribution in [2.45, 2.75) is 25.4 Å². The van der Waals surface area contributed by atoms with Crippen LogP contribution in [-0.2, 0) is 15.9 Å². The summed E-state index contributed by atoms with van der Waals surface area (Å²) in [6.07, 6.45) is 3.74. The highest BCUT2D eigenvalue weighted by Gasteiger charge is 2.29. The number of pyridine rings is 1. The van der Waals surface area contributed by atoms with E-state index in [0.29, 0.717) is 24.9 Å². The predicted molar refractivity (Wildman–Crippen MR) is 109 cm³/mol. The minimum absolute atomic E-state index is 0.0689. The first-order valence-corrected chi connectivity index (χ1v) is 10.2. The Bertz CT molecular complexity index is 1050. The summed E-state index contributed by atoms with van der Waals surface area (Å²) >= 11 is 1.46. The lowest BCUT2D eigenvalue weighted by atomic mass is 10.1. The molecule has 0 aliphatic carbocycles. The van der Waals surface area contributed by atoms with Gasteiger partial charge in [-0.2, -0.15) is 0 Å². The van der Waals surface area contributed by atoms with Gasteiger partial charge in [-0.3, -0.25) is 9.88 Å². The maximum Gasteiger partial charge on any atom is 0.414 e. The Kier molecular flexibility index (Phi) is 4.37. The third kappa shape index (κ3) is 3.18. The molecule has 2 aliphatic rings. The van der Waals surface area contributed by atoms with Crippen LogP contribution in [0, 0.1) is 0 Å². The lowest BCUT2D eigenvalue weighted by molar-refractivity contribution is 0.00393. The molecule has 3 aromatic rings. The van der Waals surface area contributed by atoms with Gasteiger partial charge in [-0.05, 0) is 23.8 Å². The van der Waals surface area contributed by atoms with Gasteiger partial charge in [0.15, 0.2) is 5.13 Å². The van der Waals surface area contributed by atoms with E-state index in [1.165, 1.54) is 11.3 Å². The summed E-state index contributed by atoms with van der Waals surface area (Å²) in [5, 5.41) is 0.557. The second-order valence-electron chi connectivity index (χ2n) is 7.02. The zero-order valence-corrected chi connectivity index (χ0v) is 16.1. The summed E-state index contributed by atoms with van der Waals surface area (Å²) in [6.45, 7) is 1.88. The topological polar surface area (TPSA) is 90.6 Å². The van der Waals surface area contributed by atoms with Crippen LogP contribution in [0.4, 0.5) is 15.6 Å². The van der Waals surface area contributed by atoms with Crippen molar-refractivity contribution >= 4 is 38.5 Å². The van der Waals surface area contributed by atoms with Gasteiger partial charge in [0.1, 0.15) is 6.10 Å². The van der Waals surface area contributed by atoms with Crippen LogP contribution >= 0.6 is 11.3 Å². The van der Waals surface area contributed by atoms with Gasteiger partial charge in [-0.15, -0.1) is 0 Å². The molecule has 0 spiro atoms. The molecule has 0 radical (unpaired) electrons. The molecule has 0 saturated carbocycles. The highest BCUT2D eigenvalue weighted by Crippen LogP contribution is 2.34. The van der Waals surface area contributed by atoms with Crippen molar-refractivity contribution in [3.63, 3.8) is 0 Å². The van der Waals surface area contributed by atoms with Crippen LogP contribution in [0.2, 0.25) is 0 Å². The molecule has 1 aromatic carbocycles. The molecule has 1 amide bonds. The quantitative estimate of drug-likeness (QED) is 0.711. The van der Waals surface area contributed by atoms with E-state index in [9.17, 15) is 4.79 Å². The van der Waals surface area contributed by atoms with Crippen molar-refractivity contribution in [3.05, 3.63) is 36.2 Å². The standard InChI is InChI=1S/C20H20N4O3S/c21-19-23-16-2-1-12(10-18(16)28-19)13-9-17-15(22-11-13)3-6-24(17)20(25)27-14-4-7-26-8-5-14/h1-2,9-11,14H,3-8H2,(H2,21,23). The van der Waals surface area contributed by atoms with E-state index in [1.54, 1.807) is 4.90 Å². The molecular weight excluding hydrogens is 376 g/mol. The van der Waals surface area contributed by atoms with Gasteiger partial charge >= 0.3 is 6.09 Å². The van der Waals surface area contributed by atoms with Crippen molar-refractivity contribution in [1.82, 2.24) is 9.97 Å². The fourth-order valence-electron chi connectivity index (χ4n) is 3.72. The first-order chi connectivity index (χ1) is 13.7. The summed E-state index contributed by atoms with van der Waals surface area (Å²) in [5.74, 6) is 0. The van der Waals surface area contributed by atoms with E-state index in [2.05, 4.69) is 16.0 Å². The average molecular weight is 396 g/mol. The lowest BCUT2D eigenvalue weighted by Crippen LogP contribution is -2.35. The first-order valence-electron chi connectivity index (χ1n) is 9.38. The summed E-state index contributed by atoms with van der Waals surface area (Å²) in [6, 6.07) is 8.05. The van der Waals surface area contributed by atoms with E-state index < -0.39 is 0 Å². The number of hydrogen-bond acceptors (Lipinski definition) is 7. The Morgan fingerprint density at radius 2 is 2.11 bits per heavy atom. The molecule has 0 atom stereocenters. The Morgan fingerprint density at radius 3 is 2.96 bits per heavy atom. The van der Waals surface area contributed by atoms with Crippen molar-refractivity contribution in [2.24, 2.45) is 0 Å². The van der Waals surface area contributed by atoms with E-state index in [4.69, 9.17) is 15.2 Å². The van der Waals surface area contributed by atoms with Crippen LogP contribution < -0.4 is 10.6 Å². The Hall–Kier alpha value is -2.71. The van der Waals surface area contributed by atoms with Crippen molar-refractivity contribution in [3.8, 4) is 11.1 Å². The molecule has 2 aliphatic heterocycles. The zero-order valence-electron chi connectivity index (χ0n) is 15.3. The molecule has 1 saturated heterocycles. The van der Waals surface area contributed by atoms with Crippen LogP contribution in [0.5, 0.6) is 0 Å². The number of fused-ring (bicyclic) bond motifs is 2. The third-order valence-electron chi connectivity index (χ3n) is 5.20. The third-order valence-corrected chi connectivity index (χ3v) is 6.05. The van der Waals surface area contributed by atoms with Crippen LogP contribution in [0.25, 0.3) is 21.3 Å². The summed E-state index contributed by atoms with van der Waals surface area (Å²) in [5.41, 5.74) is 10.4. The number of anilines is 2. The van der Waals surface area contributed by atoms with Gasteiger partial charge < -0.3 is 15.2 Å². The lowest BCUT2D eigenvalue weighted by Gasteiger charge is -2.25. The number of nitrogens with zero attached hydrogens (tertiary/aromatic N) is 3. The number of benzene rings is 1. The van der Waals surface area contributed by atoms with Gasteiger partial charge in [0.05, 0.1) is 34.8 Å². The van der Waals surface area contributed by atoms with Crippen LogP contribution in [-0.4, -0.2) is 41.9 Å². The van der Waals surface area contributed by atoms with Gasteiger partial charge in [0, 0.05) is 37.6 Å². The minimum Gasteiger partial charge on any atom is -0.446 e. The SMILES string of the molecule is Nc1nc2ccc(-c3cnc4c(c3)N(C(=O)OC3CCOCC3)CC4)cc2s1. The number of nitrogens with two attached hydrogens (primary N) is 1. The highest BCUT2D eigenvalue weighted by atomic mass is 32.1. The molecule has 0 unspecified atom stereocenters. The largest absolute Gasteiger partial charge is 0.446 e. The van der Waals surface area contributed by atoms with Gasteiger partial charge in [-0.25, -0.2) is 9.78 Å². The Balaban J connectivity index is 1.42. The number of nitrogen functional groups attached to an aromatic ring is 1.